The van der Waals surface area contributed by atoms with Gasteiger partial charge >= 0.3 is 0 Å². The lowest BCUT2D eigenvalue weighted by molar-refractivity contribution is 0.392. The van der Waals surface area contributed by atoms with Crippen molar-refractivity contribution in [2.24, 2.45) is 12.5 Å². The van der Waals surface area contributed by atoms with Crippen molar-refractivity contribution >= 4 is 25.4 Å². The molecular formula is C19H24ClN3O3S. The molecule has 1 aromatic heterocycles. The number of hydrogen-bond acceptors (Lipinski definition) is 5. The third-order valence-electron chi connectivity index (χ3n) is 5.39. The molecule has 0 atom stereocenters. The van der Waals surface area contributed by atoms with Gasteiger partial charge in [-0.2, -0.15) is 0 Å². The van der Waals surface area contributed by atoms with Crippen LogP contribution in [0.25, 0.3) is 11.4 Å². The number of fused-ring (bicyclic) bond motifs is 1. The summed E-state index contributed by atoms with van der Waals surface area (Å²) in [5, 5.41) is 2.83. The molecule has 0 saturated heterocycles. The lowest BCUT2D eigenvalue weighted by Gasteiger charge is -2.20. The molecule has 2 aromatic rings. The van der Waals surface area contributed by atoms with Crippen LogP contribution in [0.1, 0.15) is 36.1 Å². The predicted molar refractivity (Wildman–Crippen MR) is 108 cm³/mol. The van der Waals surface area contributed by atoms with Crippen LogP contribution in [-0.2, 0) is 28.9 Å². The van der Waals surface area contributed by atoms with Crippen LogP contribution < -0.4 is 10.9 Å². The van der Waals surface area contributed by atoms with Gasteiger partial charge in [-0.05, 0) is 54.4 Å². The Morgan fingerprint density at radius 2 is 1.78 bits per heavy atom. The van der Waals surface area contributed by atoms with E-state index in [0.717, 1.165) is 24.0 Å². The summed E-state index contributed by atoms with van der Waals surface area (Å²) in [6.45, 7) is 7.85. The van der Waals surface area contributed by atoms with E-state index >= 15 is 0 Å². The summed E-state index contributed by atoms with van der Waals surface area (Å²) in [5.41, 5.74) is 4.14. The van der Waals surface area contributed by atoms with Crippen molar-refractivity contribution in [2.45, 2.75) is 45.4 Å². The van der Waals surface area contributed by atoms with Gasteiger partial charge in [0.2, 0.25) is 0 Å². The molecule has 0 radical (unpaired) electrons. The fourth-order valence-corrected chi connectivity index (χ4v) is 5.86. The SMILES string of the molecule is CNc1cnc(-c2c(C)c(S(=O)(=O)Cl)c(C)c3c2CC(C)(C)C3)n(C)c1=O. The van der Waals surface area contributed by atoms with Crippen molar-refractivity contribution in [2.75, 3.05) is 12.4 Å². The van der Waals surface area contributed by atoms with Crippen LogP contribution in [0.15, 0.2) is 15.9 Å². The number of aromatic nitrogens is 2. The van der Waals surface area contributed by atoms with Crippen LogP contribution in [0.4, 0.5) is 5.69 Å². The molecule has 0 bridgehead atoms. The zero-order valence-electron chi connectivity index (χ0n) is 16.4. The first-order valence-electron chi connectivity index (χ1n) is 8.73. The maximum Gasteiger partial charge on any atom is 0.276 e. The van der Waals surface area contributed by atoms with Crippen LogP contribution in [0.3, 0.4) is 0 Å². The van der Waals surface area contributed by atoms with Crippen molar-refractivity contribution in [1.82, 2.24) is 9.55 Å². The zero-order valence-corrected chi connectivity index (χ0v) is 18.0. The maximum absolute atomic E-state index is 12.6. The predicted octanol–water partition coefficient (Wildman–Crippen LogP) is 3.16. The topological polar surface area (TPSA) is 81.1 Å². The molecule has 1 aliphatic rings. The highest BCUT2D eigenvalue weighted by atomic mass is 35.7. The molecule has 8 heteroatoms. The van der Waals surface area contributed by atoms with Crippen molar-refractivity contribution in [3.05, 3.63) is 38.8 Å². The fourth-order valence-electron chi connectivity index (χ4n) is 4.21. The lowest BCUT2D eigenvalue weighted by atomic mass is 9.89. The molecular weight excluding hydrogens is 386 g/mol. The summed E-state index contributed by atoms with van der Waals surface area (Å²) in [6.07, 6.45) is 3.02. The second kappa shape index (κ2) is 6.34. The summed E-state index contributed by atoms with van der Waals surface area (Å²) in [4.78, 5) is 17.2. The highest BCUT2D eigenvalue weighted by Crippen LogP contribution is 2.46. The molecule has 1 aromatic carbocycles. The third kappa shape index (κ3) is 3.17. The largest absolute Gasteiger partial charge is 0.382 e. The standard InChI is InChI=1S/C19H24ClN3O3S/c1-10-12-7-19(3,4)8-13(12)15(11(2)16(10)27(20,25)26)17-22-9-14(21-5)18(24)23(17)6/h9,21H,7-8H2,1-6H3. The highest BCUT2D eigenvalue weighted by Gasteiger charge is 2.36. The number of halogens is 1. The molecule has 3 rings (SSSR count). The average Bonchev–Trinajstić information content (AvgIpc) is 2.86. The minimum Gasteiger partial charge on any atom is -0.382 e. The summed E-state index contributed by atoms with van der Waals surface area (Å²) in [7, 11) is 5.15. The number of anilines is 1. The number of hydrogen-bond donors (Lipinski definition) is 1. The van der Waals surface area contributed by atoms with Crippen LogP contribution in [-0.4, -0.2) is 25.0 Å². The van der Waals surface area contributed by atoms with Gasteiger partial charge in [-0.15, -0.1) is 0 Å². The van der Waals surface area contributed by atoms with Gasteiger partial charge in [0.15, 0.2) is 0 Å². The Hall–Kier alpha value is -1.86. The molecule has 0 spiro atoms. The Morgan fingerprint density at radius 3 is 2.33 bits per heavy atom. The summed E-state index contributed by atoms with van der Waals surface area (Å²) in [6, 6.07) is 0. The van der Waals surface area contributed by atoms with Crippen molar-refractivity contribution in [1.29, 1.82) is 0 Å². The van der Waals surface area contributed by atoms with E-state index in [9.17, 15) is 13.2 Å². The molecule has 0 saturated carbocycles. The van der Waals surface area contributed by atoms with E-state index in [1.807, 2.05) is 6.92 Å². The van der Waals surface area contributed by atoms with Gasteiger partial charge in [-0.1, -0.05) is 13.8 Å². The zero-order chi connectivity index (χ0) is 20.3. The van der Waals surface area contributed by atoms with Gasteiger partial charge in [0.25, 0.3) is 14.6 Å². The Morgan fingerprint density at radius 1 is 1.19 bits per heavy atom. The molecule has 146 valence electrons. The Balaban J connectivity index is 2.47. The first-order chi connectivity index (χ1) is 12.4. The first kappa shape index (κ1) is 19.9. The molecule has 0 fully saturated rings. The molecule has 1 heterocycles. The van der Waals surface area contributed by atoms with Gasteiger partial charge in [-0.3, -0.25) is 9.36 Å². The normalized spacial score (nSPS) is 15.7. The monoisotopic (exact) mass is 409 g/mol. The molecule has 6 nitrogen and oxygen atoms in total. The van der Waals surface area contributed by atoms with E-state index in [2.05, 4.69) is 24.1 Å². The van der Waals surface area contributed by atoms with E-state index < -0.39 is 9.05 Å². The highest BCUT2D eigenvalue weighted by molar-refractivity contribution is 8.13. The lowest BCUT2D eigenvalue weighted by Crippen LogP contribution is -2.23. The minimum atomic E-state index is -3.94. The second-order valence-electron chi connectivity index (χ2n) is 7.98. The van der Waals surface area contributed by atoms with Crippen LogP contribution in [0, 0.1) is 19.3 Å². The van der Waals surface area contributed by atoms with Crippen molar-refractivity contribution in [3.8, 4) is 11.4 Å². The molecule has 0 unspecified atom stereocenters. The number of nitrogens with one attached hydrogen (secondary N) is 1. The van der Waals surface area contributed by atoms with Crippen molar-refractivity contribution < 1.29 is 8.42 Å². The van der Waals surface area contributed by atoms with Crippen LogP contribution in [0.5, 0.6) is 0 Å². The number of benzene rings is 1. The number of nitrogens with zero attached hydrogens (tertiary/aromatic N) is 2. The van der Waals surface area contributed by atoms with Crippen LogP contribution in [0.2, 0.25) is 0 Å². The second-order valence-corrected chi connectivity index (χ2v) is 10.5. The smallest absolute Gasteiger partial charge is 0.276 e. The molecule has 27 heavy (non-hydrogen) atoms. The van der Waals surface area contributed by atoms with Gasteiger partial charge in [0.1, 0.15) is 11.5 Å². The van der Waals surface area contributed by atoms with E-state index in [0.29, 0.717) is 28.2 Å². The first-order valence-corrected chi connectivity index (χ1v) is 11.0. The Kier molecular flexibility index (Phi) is 4.67. The van der Waals surface area contributed by atoms with Gasteiger partial charge in [0.05, 0.1) is 11.1 Å². The van der Waals surface area contributed by atoms with Crippen LogP contribution >= 0.6 is 10.7 Å². The molecule has 1 N–H and O–H groups in total. The molecule has 0 aliphatic heterocycles. The molecule has 0 amide bonds. The van der Waals surface area contributed by atoms with Gasteiger partial charge in [-0.25, -0.2) is 13.4 Å². The molecule has 1 aliphatic carbocycles. The van der Waals surface area contributed by atoms with E-state index in [4.69, 9.17) is 10.7 Å². The van der Waals surface area contributed by atoms with Crippen molar-refractivity contribution in [3.63, 3.8) is 0 Å². The van der Waals surface area contributed by atoms with Gasteiger partial charge in [0, 0.05) is 30.3 Å². The maximum atomic E-state index is 12.6. The fraction of sp³-hybridized carbons (Fsp3) is 0.474. The third-order valence-corrected chi connectivity index (χ3v) is 6.95. The minimum absolute atomic E-state index is 0.00718. The average molecular weight is 410 g/mol. The quantitative estimate of drug-likeness (QED) is 0.787. The summed E-state index contributed by atoms with van der Waals surface area (Å²) < 4.78 is 26.1. The Labute approximate surface area is 164 Å². The Bertz CT molecular complexity index is 1120. The van der Waals surface area contributed by atoms with E-state index in [1.54, 1.807) is 21.0 Å². The summed E-state index contributed by atoms with van der Waals surface area (Å²) >= 11 is 0. The van der Waals surface area contributed by atoms with E-state index in [-0.39, 0.29) is 15.9 Å². The van der Waals surface area contributed by atoms with E-state index in [1.165, 1.54) is 10.8 Å². The summed E-state index contributed by atoms with van der Waals surface area (Å²) in [5.74, 6) is 0.451. The van der Waals surface area contributed by atoms with Gasteiger partial charge < -0.3 is 5.32 Å². The number of rotatable bonds is 3.